The van der Waals surface area contributed by atoms with Gasteiger partial charge in [-0.2, -0.15) is 13.2 Å². The van der Waals surface area contributed by atoms with E-state index in [1.54, 1.807) is 0 Å². The number of ether oxygens (including phenoxy) is 1. The van der Waals surface area contributed by atoms with Gasteiger partial charge in [0.15, 0.2) is 0 Å². The highest BCUT2D eigenvalue weighted by Crippen LogP contribution is 2.27. The summed E-state index contributed by atoms with van der Waals surface area (Å²) < 4.78 is 55.6. The van der Waals surface area contributed by atoms with Crippen molar-refractivity contribution in [3.63, 3.8) is 0 Å². The Kier molecular flexibility index (Phi) is 4.93. The molecule has 4 nitrogen and oxygen atoms in total. The van der Waals surface area contributed by atoms with E-state index in [4.69, 9.17) is 0 Å². The number of rotatable bonds is 3. The Labute approximate surface area is 118 Å². The number of aryl methyl sites for hydroxylation is 2. The molecule has 0 aliphatic carbocycles. The highest BCUT2D eigenvalue weighted by Gasteiger charge is 2.43. The van der Waals surface area contributed by atoms with Crippen molar-refractivity contribution >= 4 is 17.6 Å². The van der Waals surface area contributed by atoms with Crippen LogP contribution in [0.5, 0.6) is 0 Å². The molecule has 0 saturated carbocycles. The molecule has 0 fully saturated rings. The number of carbonyl (C=O) groups is 2. The zero-order valence-corrected chi connectivity index (χ0v) is 11.5. The minimum absolute atomic E-state index is 0.0647. The van der Waals surface area contributed by atoms with Crippen LogP contribution in [0.4, 0.5) is 23.2 Å². The minimum Gasteiger partial charge on any atom is -0.468 e. The van der Waals surface area contributed by atoms with Crippen LogP contribution in [0.15, 0.2) is 12.1 Å². The maximum absolute atomic E-state index is 13.5. The van der Waals surface area contributed by atoms with Crippen LogP contribution in [0, 0.1) is 19.7 Å². The zero-order valence-electron chi connectivity index (χ0n) is 11.5. The Morgan fingerprint density at radius 1 is 1.19 bits per heavy atom. The van der Waals surface area contributed by atoms with Crippen molar-refractivity contribution < 1.29 is 31.9 Å². The van der Waals surface area contributed by atoms with E-state index in [-0.39, 0.29) is 21.7 Å². The van der Waals surface area contributed by atoms with Gasteiger partial charge in [-0.15, -0.1) is 0 Å². The largest absolute Gasteiger partial charge is 0.471 e. The van der Waals surface area contributed by atoms with Crippen molar-refractivity contribution in [3.8, 4) is 0 Å². The average Bonchev–Trinajstić information content (AvgIpc) is 2.39. The Balaban J connectivity index is 3.30. The molecule has 0 atom stereocenters. The average molecular weight is 307 g/mol. The lowest BCUT2D eigenvalue weighted by molar-refractivity contribution is -0.171. The summed E-state index contributed by atoms with van der Waals surface area (Å²) >= 11 is 0. The Bertz CT molecular complexity index is 546. The van der Waals surface area contributed by atoms with Crippen LogP contribution in [0.25, 0.3) is 0 Å². The lowest BCUT2D eigenvalue weighted by Crippen LogP contribution is -2.44. The van der Waals surface area contributed by atoms with Gasteiger partial charge in [-0.3, -0.25) is 14.5 Å². The molecule has 8 heteroatoms. The van der Waals surface area contributed by atoms with E-state index in [1.807, 2.05) is 0 Å². The summed E-state index contributed by atoms with van der Waals surface area (Å²) in [5, 5.41) is 0. The van der Waals surface area contributed by atoms with Crippen LogP contribution in [-0.2, 0) is 14.3 Å². The van der Waals surface area contributed by atoms with E-state index in [9.17, 15) is 27.2 Å². The standard InChI is InChI=1S/C13H13F4NO3/c1-7-4-9(5-8(2)11(7)14)18(6-10(19)21-3)12(20)13(15,16)17/h4-5H,6H2,1-3H3. The lowest BCUT2D eigenvalue weighted by atomic mass is 10.1. The first-order chi connectivity index (χ1) is 9.57. The number of carbonyl (C=O) groups excluding carboxylic acids is 2. The van der Waals surface area contributed by atoms with Gasteiger partial charge in [-0.1, -0.05) is 0 Å². The fraction of sp³-hybridized carbons (Fsp3) is 0.385. The molecular weight excluding hydrogens is 294 g/mol. The molecule has 0 aromatic heterocycles. The number of hydrogen-bond donors (Lipinski definition) is 0. The molecule has 0 saturated heterocycles. The maximum Gasteiger partial charge on any atom is 0.471 e. The molecule has 21 heavy (non-hydrogen) atoms. The van der Waals surface area contributed by atoms with Crippen LogP contribution in [-0.4, -0.2) is 31.7 Å². The number of hydrogen-bond acceptors (Lipinski definition) is 3. The molecule has 0 bridgehead atoms. The summed E-state index contributed by atoms with van der Waals surface area (Å²) in [5.74, 6) is -3.83. The quantitative estimate of drug-likeness (QED) is 0.637. The number of nitrogens with zero attached hydrogens (tertiary/aromatic N) is 1. The maximum atomic E-state index is 13.5. The normalized spacial score (nSPS) is 11.2. The summed E-state index contributed by atoms with van der Waals surface area (Å²) in [5.41, 5.74) is -0.0937. The number of methoxy groups -OCH3 is 1. The van der Waals surface area contributed by atoms with Crippen molar-refractivity contribution in [2.24, 2.45) is 0 Å². The van der Waals surface area contributed by atoms with Crippen LogP contribution < -0.4 is 4.90 Å². The first-order valence-electron chi connectivity index (χ1n) is 5.80. The summed E-state index contributed by atoms with van der Waals surface area (Å²) in [6.07, 6.45) is -5.16. The predicted octanol–water partition coefficient (Wildman–Crippen LogP) is 2.51. The number of alkyl halides is 3. The highest BCUT2D eigenvalue weighted by molar-refractivity contribution is 6.00. The molecule has 116 valence electrons. The molecule has 0 aliphatic heterocycles. The molecule has 0 radical (unpaired) electrons. The van der Waals surface area contributed by atoms with Crippen molar-refractivity contribution in [2.75, 3.05) is 18.6 Å². The first-order valence-corrected chi connectivity index (χ1v) is 5.80. The smallest absolute Gasteiger partial charge is 0.468 e. The van der Waals surface area contributed by atoms with E-state index in [1.165, 1.54) is 13.8 Å². The number of esters is 1. The molecule has 1 aromatic carbocycles. The molecule has 0 heterocycles. The van der Waals surface area contributed by atoms with Crippen LogP contribution >= 0.6 is 0 Å². The molecule has 0 aliphatic rings. The second-order valence-corrected chi connectivity index (χ2v) is 4.36. The summed E-state index contributed by atoms with van der Waals surface area (Å²) in [4.78, 5) is 22.8. The second-order valence-electron chi connectivity index (χ2n) is 4.36. The first kappa shape index (κ1) is 16.9. The SMILES string of the molecule is COC(=O)CN(C(=O)C(F)(F)F)c1cc(C)c(F)c(C)c1. The van der Waals surface area contributed by atoms with Crippen LogP contribution in [0.3, 0.4) is 0 Å². The van der Waals surface area contributed by atoms with Crippen LogP contribution in [0.1, 0.15) is 11.1 Å². The van der Waals surface area contributed by atoms with Gasteiger partial charge in [0.1, 0.15) is 12.4 Å². The minimum atomic E-state index is -5.16. The van der Waals surface area contributed by atoms with Crippen molar-refractivity contribution in [1.82, 2.24) is 0 Å². The molecule has 1 amide bonds. The number of amides is 1. The Hall–Kier alpha value is -2.12. The summed E-state index contributed by atoms with van der Waals surface area (Å²) in [6.45, 7) is 1.78. The van der Waals surface area contributed by atoms with E-state index in [0.29, 0.717) is 0 Å². The van der Waals surface area contributed by atoms with Gasteiger partial charge >= 0.3 is 18.1 Å². The fourth-order valence-electron chi connectivity index (χ4n) is 1.71. The second kappa shape index (κ2) is 6.11. The Morgan fingerprint density at radius 3 is 2.05 bits per heavy atom. The van der Waals surface area contributed by atoms with Gasteiger partial charge in [0.25, 0.3) is 0 Å². The number of halogens is 4. The molecule has 0 unspecified atom stereocenters. The summed E-state index contributed by atoms with van der Waals surface area (Å²) in [7, 11) is 0.986. The van der Waals surface area contributed by atoms with Crippen molar-refractivity contribution in [3.05, 3.63) is 29.1 Å². The number of benzene rings is 1. The van der Waals surface area contributed by atoms with E-state index in [2.05, 4.69) is 4.74 Å². The van der Waals surface area contributed by atoms with Crippen molar-refractivity contribution in [1.29, 1.82) is 0 Å². The van der Waals surface area contributed by atoms with Crippen molar-refractivity contribution in [2.45, 2.75) is 20.0 Å². The molecule has 1 rings (SSSR count). The molecule has 1 aromatic rings. The van der Waals surface area contributed by atoms with E-state index in [0.717, 1.165) is 19.2 Å². The molecule has 0 spiro atoms. The predicted molar refractivity (Wildman–Crippen MR) is 66.3 cm³/mol. The van der Waals surface area contributed by atoms with E-state index >= 15 is 0 Å². The monoisotopic (exact) mass is 307 g/mol. The topological polar surface area (TPSA) is 46.6 Å². The third-order valence-corrected chi connectivity index (χ3v) is 2.74. The number of anilines is 1. The summed E-state index contributed by atoms with van der Waals surface area (Å²) in [6, 6.07) is 2.13. The lowest BCUT2D eigenvalue weighted by Gasteiger charge is -2.23. The van der Waals surface area contributed by atoms with Gasteiger partial charge in [0, 0.05) is 5.69 Å². The molecular formula is C13H13F4NO3. The van der Waals surface area contributed by atoms with Gasteiger partial charge in [0.2, 0.25) is 0 Å². The highest BCUT2D eigenvalue weighted by atomic mass is 19.4. The fourth-order valence-corrected chi connectivity index (χ4v) is 1.71. The third-order valence-electron chi connectivity index (χ3n) is 2.74. The zero-order chi connectivity index (χ0) is 16.4. The van der Waals surface area contributed by atoms with Gasteiger partial charge in [-0.05, 0) is 37.1 Å². The molecule has 0 N–H and O–H groups in total. The van der Waals surface area contributed by atoms with Gasteiger partial charge in [-0.25, -0.2) is 4.39 Å². The Morgan fingerprint density at radius 2 is 1.67 bits per heavy atom. The van der Waals surface area contributed by atoms with Gasteiger partial charge < -0.3 is 4.74 Å². The third kappa shape index (κ3) is 3.93. The van der Waals surface area contributed by atoms with Crippen LogP contribution in [0.2, 0.25) is 0 Å². The van der Waals surface area contributed by atoms with Gasteiger partial charge in [0.05, 0.1) is 7.11 Å². The van der Waals surface area contributed by atoms with E-state index < -0.39 is 30.4 Å².